The molecule has 6 heteroatoms. The van der Waals surface area contributed by atoms with Crippen LogP contribution in [0.3, 0.4) is 0 Å². The number of nitrogens with zero attached hydrogens (tertiary/aromatic N) is 2. The predicted molar refractivity (Wildman–Crippen MR) is 81.0 cm³/mol. The van der Waals surface area contributed by atoms with E-state index in [9.17, 15) is 4.79 Å². The first-order valence-corrected chi connectivity index (χ1v) is 8.32. The fraction of sp³-hybridized carbons (Fsp3) is 0.933. The second-order valence-corrected chi connectivity index (χ2v) is 6.58. The standard InChI is InChI=1S/C15H28N4O2/c16-15(20)14(17-12-1-2-12)4-6-18-5-3-13(11-18)19-7-9-21-10-8-19/h12-14,17H,1-11H2,(H2,16,20). The molecule has 6 nitrogen and oxygen atoms in total. The van der Waals surface area contributed by atoms with Gasteiger partial charge in [-0.15, -0.1) is 0 Å². The van der Waals surface area contributed by atoms with Crippen LogP contribution in [0.5, 0.6) is 0 Å². The average molecular weight is 296 g/mol. The van der Waals surface area contributed by atoms with Gasteiger partial charge in [0.25, 0.3) is 0 Å². The predicted octanol–water partition coefficient (Wildman–Crippen LogP) is -0.611. The Morgan fingerprint density at radius 2 is 2.00 bits per heavy atom. The van der Waals surface area contributed by atoms with Crippen molar-refractivity contribution in [2.24, 2.45) is 5.73 Å². The van der Waals surface area contributed by atoms with Gasteiger partial charge in [0.15, 0.2) is 0 Å². The van der Waals surface area contributed by atoms with Gasteiger partial charge in [-0.25, -0.2) is 0 Å². The number of hydrogen-bond donors (Lipinski definition) is 2. The van der Waals surface area contributed by atoms with Crippen molar-refractivity contribution in [1.29, 1.82) is 0 Å². The Balaban J connectivity index is 1.40. The Labute approximate surface area is 127 Å². The van der Waals surface area contributed by atoms with E-state index in [2.05, 4.69) is 15.1 Å². The van der Waals surface area contributed by atoms with E-state index < -0.39 is 0 Å². The first-order valence-electron chi connectivity index (χ1n) is 8.32. The highest BCUT2D eigenvalue weighted by molar-refractivity contribution is 5.79. The summed E-state index contributed by atoms with van der Waals surface area (Å²) in [4.78, 5) is 16.5. The number of ether oxygens (including phenoxy) is 1. The molecule has 1 amide bonds. The number of hydrogen-bond acceptors (Lipinski definition) is 5. The summed E-state index contributed by atoms with van der Waals surface area (Å²) in [6.07, 6.45) is 4.44. The number of carbonyl (C=O) groups excluding carboxylic acids is 1. The molecule has 2 atom stereocenters. The number of primary amides is 1. The minimum Gasteiger partial charge on any atom is -0.379 e. The molecule has 1 saturated carbocycles. The van der Waals surface area contributed by atoms with Crippen LogP contribution in [0.15, 0.2) is 0 Å². The van der Waals surface area contributed by atoms with Crippen LogP contribution in [0.2, 0.25) is 0 Å². The van der Waals surface area contributed by atoms with Gasteiger partial charge in [-0.1, -0.05) is 0 Å². The molecule has 2 aliphatic heterocycles. The third kappa shape index (κ3) is 4.39. The third-order valence-electron chi connectivity index (χ3n) is 4.90. The van der Waals surface area contributed by atoms with Crippen LogP contribution in [0.4, 0.5) is 0 Å². The molecule has 2 heterocycles. The van der Waals surface area contributed by atoms with Crippen molar-refractivity contribution in [2.45, 2.75) is 43.8 Å². The van der Waals surface area contributed by atoms with Gasteiger partial charge in [0.2, 0.25) is 5.91 Å². The number of nitrogens with two attached hydrogens (primary N) is 1. The van der Waals surface area contributed by atoms with Gasteiger partial charge >= 0.3 is 0 Å². The summed E-state index contributed by atoms with van der Waals surface area (Å²) < 4.78 is 5.42. The van der Waals surface area contributed by atoms with Gasteiger partial charge in [-0.2, -0.15) is 0 Å². The highest BCUT2D eigenvalue weighted by atomic mass is 16.5. The molecule has 120 valence electrons. The first kappa shape index (κ1) is 15.2. The fourth-order valence-electron chi connectivity index (χ4n) is 3.41. The van der Waals surface area contributed by atoms with Crippen molar-refractivity contribution >= 4 is 5.91 Å². The molecular formula is C15H28N4O2. The van der Waals surface area contributed by atoms with Crippen molar-refractivity contribution < 1.29 is 9.53 Å². The molecule has 0 aromatic heterocycles. The van der Waals surface area contributed by atoms with Crippen molar-refractivity contribution in [3.63, 3.8) is 0 Å². The zero-order valence-corrected chi connectivity index (χ0v) is 12.8. The van der Waals surface area contributed by atoms with E-state index in [1.807, 2.05) is 0 Å². The molecule has 3 rings (SSSR count). The minimum atomic E-state index is -0.203. The number of amides is 1. The molecule has 2 saturated heterocycles. The molecule has 0 aromatic rings. The van der Waals surface area contributed by atoms with Gasteiger partial charge in [0, 0.05) is 38.3 Å². The molecule has 1 aliphatic carbocycles. The second kappa shape index (κ2) is 7.05. The Hall–Kier alpha value is -0.690. The summed E-state index contributed by atoms with van der Waals surface area (Å²) in [6.45, 7) is 7.08. The number of rotatable bonds is 7. The fourth-order valence-corrected chi connectivity index (χ4v) is 3.41. The van der Waals surface area contributed by atoms with E-state index in [4.69, 9.17) is 10.5 Å². The minimum absolute atomic E-state index is 0.153. The van der Waals surface area contributed by atoms with Crippen LogP contribution in [0, 0.1) is 0 Å². The first-order chi connectivity index (χ1) is 10.2. The molecule has 0 aromatic carbocycles. The Morgan fingerprint density at radius 3 is 2.67 bits per heavy atom. The highest BCUT2D eigenvalue weighted by Gasteiger charge is 2.31. The van der Waals surface area contributed by atoms with E-state index in [1.165, 1.54) is 19.3 Å². The van der Waals surface area contributed by atoms with Gasteiger partial charge in [-0.3, -0.25) is 9.69 Å². The zero-order valence-electron chi connectivity index (χ0n) is 12.8. The summed E-state index contributed by atoms with van der Waals surface area (Å²) >= 11 is 0. The van der Waals surface area contributed by atoms with Gasteiger partial charge in [-0.05, 0) is 32.2 Å². The molecule has 3 aliphatic rings. The largest absolute Gasteiger partial charge is 0.379 e. The monoisotopic (exact) mass is 296 g/mol. The van der Waals surface area contributed by atoms with Crippen LogP contribution in [-0.2, 0) is 9.53 Å². The van der Waals surface area contributed by atoms with E-state index in [0.717, 1.165) is 52.4 Å². The lowest BCUT2D eigenvalue weighted by Crippen LogP contribution is -2.46. The van der Waals surface area contributed by atoms with E-state index >= 15 is 0 Å². The quantitative estimate of drug-likeness (QED) is 0.656. The molecule has 0 radical (unpaired) electrons. The van der Waals surface area contributed by atoms with E-state index in [1.54, 1.807) is 0 Å². The molecule has 21 heavy (non-hydrogen) atoms. The SMILES string of the molecule is NC(=O)C(CCN1CCC(N2CCOCC2)C1)NC1CC1. The van der Waals surface area contributed by atoms with Crippen molar-refractivity contribution in [2.75, 3.05) is 45.9 Å². The zero-order chi connectivity index (χ0) is 14.7. The molecule has 3 fully saturated rings. The maximum Gasteiger partial charge on any atom is 0.234 e. The van der Waals surface area contributed by atoms with Gasteiger partial charge in [0.1, 0.15) is 0 Å². The van der Waals surface area contributed by atoms with E-state index in [-0.39, 0.29) is 11.9 Å². The van der Waals surface area contributed by atoms with Crippen molar-refractivity contribution in [3.8, 4) is 0 Å². The lowest BCUT2D eigenvalue weighted by molar-refractivity contribution is -0.120. The lowest BCUT2D eigenvalue weighted by atomic mass is 10.2. The maximum absolute atomic E-state index is 11.5. The Morgan fingerprint density at radius 1 is 1.24 bits per heavy atom. The van der Waals surface area contributed by atoms with E-state index in [0.29, 0.717) is 12.1 Å². The summed E-state index contributed by atoms with van der Waals surface area (Å²) in [5.41, 5.74) is 5.50. The Kier molecular flexibility index (Phi) is 5.11. The summed E-state index contributed by atoms with van der Waals surface area (Å²) in [6, 6.07) is 1.04. The molecule has 0 bridgehead atoms. The number of nitrogens with one attached hydrogen (secondary N) is 1. The number of carbonyl (C=O) groups is 1. The number of likely N-dealkylation sites (tertiary alicyclic amines) is 1. The highest BCUT2D eigenvalue weighted by Crippen LogP contribution is 2.21. The van der Waals surface area contributed by atoms with Crippen LogP contribution >= 0.6 is 0 Å². The third-order valence-corrected chi connectivity index (χ3v) is 4.90. The second-order valence-electron chi connectivity index (χ2n) is 6.58. The summed E-state index contributed by atoms with van der Waals surface area (Å²) in [7, 11) is 0. The van der Waals surface area contributed by atoms with Gasteiger partial charge in [0.05, 0.1) is 19.3 Å². The van der Waals surface area contributed by atoms with Crippen LogP contribution in [0.1, 0.15) is 25.7 Å². The smallest absolute Gasteiger partial charge is 0.234 e. The van der Waals surface area contributed by atoms with Crippen LogP contribution < -0.4 is 11.1 Å². The molecule has 0 spiro atoms. The summed E-state index contributed by atoms with van der Waals surface area (Å²) in [5.74, 6) is -0.203. The van der Waals surface area contributed by atoms with Crippen molar-refractivity contribution in [3.05, 3.63) is 0 Å². The van der Waals surface area contributed by atoms with Crippen molar-refractivity contribution in [1.82, 2.24) is 15.1 Å². The number of morpholine rings is 1. The van der Waals surface area contributed by atoms with Gasteiger partial charge < -0.3 is 20.7 Å². The van der Waals surface area contributed by atoms with Crippen LogP contribution in [0.25, 0.3) is 0 Å². The molecule has 3 N–H and O–H groups in total. The molecule has 2 unspecified atom stereocenters. The Bertz CT molecular complexity index is 356. The average Bonchev–Trinajstić information content (AvgIpc) is 3.19. The normalized spacial score (nSPS) is 29.6. The molecular weight excluding hydrogens is 268 g/mol. The maximum atomic E-state index is 11.5. The van der Waals surface area contributed by atoms with Crippen LogP contribution in [-0.4, -0.2) is 79.8 Å². The summed E-state index contributed by atoms with van der Waals surface area (Å²) in [5, 5.41) is 3.36. The lowest BCUT2D eigenvalue weighted by Gasteiger charge is -2.32. The topological polar surface area (TPSA) is 70.8 Å².